The van der Waals surface area contributed by atoms with Gasteiger partial charge in [-0.25, -0.2) is 9.18 Å². The van der Waals surface area contributed by atoms with Gasteiger partial charge in [0.15, 0.2) is 0 Å². The molecule has 1 aromatic carbocycles. The molecule has 16 heavy (non-hydrogen) atoms. The number of halogens is 1. The zero-order valence-corrected chi connectivity index (χ0v) is 8.86. The van der Waals surface area contributed by atoms with E-state index in [-0.39, 0.29) is 12.6 Å². The van der Waals surface area contributed by atoms with Crippen molar-refractivity contribution in [3.05, 3.63) is 35.9 Å². The van der Waals surface area contributed by atoms with Crippen LogP contribution in [0.5, 0.6) is 0 Å². The van der Waals surface area contributed by atoms with E-state index in [0.717, 1.165) is 5.56 Å². The fraction of sp³-hybridized carbons (Fsp3) is 0.417. The van der Waals surface area contributed by atoms with Crippen molar-refractivity contribution in [2.24, 2.45) is 0 Å². The van der Waals surface area contributed by atoms with Gasteiger partial charge in [0, 0.05) is 0 Å². The van der Waals surface area contributed by atoms with E-state index < -0.39 is 12.3 Å². The summed E-state index contributed by atoms with van der Waals surface area (Å²) in [5, 5.41) is 2.50. The average molecular weight is 223 g/mol. The van der Waals surface area contributed by atoms with Crippen LogP contribution in [0.25, 0.3) is 0 Å². The molecule has 1 aliphatic carbocycles. The number of alkyl halides is 1. The van der Waals surface area contributed by atoms with Crippen molar-refractivity contribution in [1.29, 1.82) is 0 Å². The Morgan fingerprint density at radius 3 is 2.69 bits per heavy atom. The lowest BCUT2D eigenvalue weighted by atomic mass is 9.91. The summed E-state index contributed by atoms with van der Waals surface area (Å²) in [7, 11) is 0. The second-order valence-electron chi connectivity index (χ2n) is 3.91. The highest BCUT2D eigenvalue weighted by atomic mass is 19.1. The number of carbonyl (C=O) groups excluding carboxylic acids is 1. The molecule has 2 rings (SSSR count). The monoisotopic (exact) mass is 223 g/mol. The topological polar surface area (TPSA) is 38.3 Å². The molecule has 4 heteroatoms. The smallest absolute Gasteiger partial charge is 0.407 e. The summed E-state index contributed by atoms with van der Waals surface area (Å²) in [6, 6.07) is 9.03. The van der Waals surface area contributed by atoms with Gasteiger partial charge >= 0.3 is 6.09 Å². The van der Waals surface area contributed by atoms with Crippen LogP contribution >= 0.6 is 0 Å². The van der Waals surface area contributed by atoms with Crippen molar-refractivity contribution in [2.45, 2.75) is 31.7 Å². The van der Waals surface area contributed by atoms with E-state index in [9.17, 15) is 9.18 Å². The van der Waals surface area contributed by atoms with Gasteiger partial charge in [-0.15, -0.1) is 0 Å². The molecule has 1 amide bonds. The largest absolute Gasteiger partial charge is 0.445 e. The van der Waals surface area contributed by atoms with E-state index in [1.165, 1.54) is 0 Å². The molecule has 2 atom stereocenters. The first-order valence-electron chi connectivity index (χ1n) is 5.37. The molecule has 2 unspecified atom stereocenters. The Kier molecular flexibility index (Phi) is 3.39. The predicted octanol–water partition coefficient (Wildman–Crippen LogP) is 2.41. The molecule has 0 radical (unpaired) electrons. The van der Waals surface area contributed by atoms with Crippen LogP contribution in [0.3, 0.4) is 0 Å². The third-order valence-corrected chi connectivity index (χ3v) is 2.71. The molecule has 1 N–H and O–H groups in total. The lowest BCUT2D eigenvalue weighted by Gasteiger charge is -2.30. The van der Waals surface area contributed by atoms with Crippen LogP contribution in [-0.2, 0) is 11.3 Å². The number of hydrogen-bond acceptors (Lipinski definition) is 2. The minimum absolute atomic E-state index is 0.219. The van der Waals surface area contributed by atoms with Crippen LogP contribution in [0.15, 0.2) is 30.3 Å². The number of nitrogens with one attached hydrogen (secondary N) is 1. The number of rotatable bonds is 3. The Labute approximate surface area is 93.6 Å². The lowest BCUT2D eigenvalue weighted by Crippen LogP contribution is -2.48. The zero-order chi connectivity index (χ0) is 11.4. The summed E-state index contributed by atoms with van der Waals surface area (Å²) >= 11 is 0. The highest BCUT2D eigenvalue weighted by Gasteiger charge is 2.32. The van der Waals surface area contributed by atoms with E-state index in [2.05, 4.69) is 5.32 Å². The molecule has 0 heterocycles. The van der Waals surface area contributed by atoms with E-state index in [4.69, 9.17) is 4.74 Å². The minimum Gasteiger partial charge on any atom is -0.445 e. The van der Waals surface area contributed by atoms with Crippen LogP contribution in [0, 0.1) is 0 Å². The van der Waals surface area contributed by atoms with E-state index >= 15 is 0 Å². The molecule has 1 aromatic rings. The second-order valence-corrected chi connectivity index (χ2v) is 3.91. The van der Waals surface area contributed by atoms with Crippen molar-refractivity contribution in [2.75, 3.05) is 0 Å². The molecule has 0 bridgehead atoms. The maximum absolute atomic E-state index is 12.8. The summed E-state index contributed by atoms with van der Waals surface area (Å²) in [4.78, 5) is 11.3. The van der Waals surface area contributed by atoms with E-state index in [0.29, 0.717) is 12.8 Å². The van der Waals surface area contributed by atoms with Gasteiger partial charge in [-0.05, 0) is 18.4 Å². The zero-order valence-electron chi connectivity index (χ0n) is 8.86. The van der Waals surface area contributed by atoms with Crippen LogP contribution in [0.2, 0.25) is 0 Å². The first-order chi connectivity index (χ1) is 7.75. The van der Waals surface area contributed by atoms with E-state index in [1.807, 2.05) is 30.3 Å². The number of benzene rings is 1. The molecule has 3 nitrogen and oxygen atoms in total. The molecule has 0 spiro atoms. The third kappa shape index (κ3) is 2.72. The van der Waals surface area contributed by atoms with Crippen molar-refractivity contribution in [3.8, 4) is 0 Å². The maximum Gasteiger partial charge on any atom is 0.407 e. The summed E-state index contributed by atoms with van der Waals surface area (Å²) in [6.07, 6.45) is -0.230. The molecule has 0 aromatic heterocycles. The summed E-state index contributed by atoms with van der Waals surface area (Å²) in [5.74, 6) is 0. The highest BCUT2D eigenvalue weighted by Crippen LogP contribution is 2.23. The molecule has 86 valence electrons. The molecular weight excluding hydrogens is 209 g/mol. The number of alkyl carbamates (subject to hydrolysis) is 1. The first-order valence-corrected chi connectivity index (χ1v) is 5.37. The Morgan fingerprint density at radius 1 is 1.38 bits per heavy atom. The van der Waals surface area contributed by atoms with E-state index in [1.54, 1.807) is 0 Å². The molecular formula is C12H14FNO2. The average Bonchev–Trinajstić information content (AvgIpc) is 2.33. The normalized spacial score (nSPS) is 23.3. The Bertz CT molecular complexity index is 355. The van der Waals surface area contributed by atoms with Gasteiger partial charge in [0.25, 0.3) is 0 Å². The molecule has 0 aliphatic heterocycles. The molecule has 0 saturated heterocycles. The Morgan fingerprint density at radius 2 is 2.12 bits per heavy atom. The van der Waals surface area contributed by atoms with Crippen molar-refractivity contribution < 1.29 is 13.9 Å². The molecule has 1 saturated carbocycles. The quantitative estimate of drug-likeness (QED) is 0.854. The number of ether oxygens (including phenoxy) is 1. The fourth-order valence-corrected chi connectivity index (χ4v) is 1.54. The van der Waals surface area contributed by atoms with Crippen LogP contribution < -0.4 is 5.32 Å². The standard InChI is InChI=1S/C12H14FNO2/c13-10-6-7-11(10)14-12(15)16-8-9-4-2-1-3-5-9/h1-5,10-11H,6-8H2,(H,14,15). The van der Waals surface area contributed by atoms with Crippen molar-refractivity contribution >= 4 is 6.09 Å². The van der Waals surface area contributed by atoms with Gasteiger partial charge in [0.1, 0.15) is 12.8 Å². The van der Waals surface area contributed by atoms with Crippen LogP contribution in [0.1, 0.15) is 18.4 Å². The summed E-state index contributed by atoms with van der Waals surface area (Å²) in [6.45, 7) is 0.219. The SMILES string of the molecule is O=C(NC1CCC1F)OCc1ccccc1. The fourth-order valence-electron chi connectivity index (χ4n) is 1.54. The summed E-state index contributed by atoms with van der Waals surface area (Å²) in [5.41, 5.74) is 0.919. The van der Waals surface area contributed by atoms with Crippen molar-refractivity contribution in [3.63, 3.8) is 0 Å². The second kappa shape index (κ2) is 4.96. The summed E-state index contributed by atoms with van der Waals surface area (Å²) < 4.78 is 17.8. The number of carbonyl (C=O) groups is 1. The molecule has 1 fully saturated rings. The number of amides is 1. The Hall–Kier alpha value is -1.58. The maximum atomic E-state index is 12.8. The highest BCUT2D eigenvalue weighted by molar-refractivity contribution is 5.67. The number of hydrogen-bond donors (Lipinski definition) is 1. The minimum atomic E-state index is -0.913. The van der Waals surface area contributed by atoms with Gasteiger partial charge in [0.2, 0.25) is 0 Å². The van der Waals surface area contributed by atoms with Crippen LogP contribution in [-0.4, -0.2) is 18.3 Å². The Balaban J connectivity index is 1.72. The van der Waals surface area contributed by atoms with Gasteiger partial charge in [-0.2, -0.15) is 0 Å². The first kappa shape index (κ1) is 10.9. The third-order valence-electron chi connectivity index (χ3n) is 2.71. The van der Waals surface area contributed by atoms with Gasteiger partial charge in [-0.1, -0.05) is 30.3 Å². The van der Waals surface area contributed by atoms with Gasteiger partial charge in [-0.3, -0.25) is 0 Å². The predicted molar refractivity (Wildman–Crippen MR) is 57.7 cm³/mol. The van der Waals surface area contributed by atoms with Gasteiger partial charge in [0.05, 0.1) is 6.04 Å². The van der Waals surface area contributed by atoms with Gasteiger partial charge < -0.3 is 10.1 Å². The lowest BCUT2D eigenvalue weighted by molar-refractivity contribution is 0.102. The van der Waals surface area contributed by atoms with Crippen LogP contribution in [0.4, 0.5) is 9.18 Å². The van der Waals surface area contributed by atoms with Crippen molar-refractivity contribution in [1.82, 2.24) is 5.32 Å². The molecule has 1 aliphatic rings.